The van der Waals surface area contributed by atoms with Gasteiger partial charge in [0.2, 0.25) is 5.75 Å². The maximum atomic E-state index is 13.2. The van der Waals surface area contributed by atoms with Crippen LogP contribution in [-0.4, -0.2) is 41.9 Å². The molecule has 1 N–H and O–H groups in total. The fourth-order valence-electron chi connectivity index (χ4n) is 3.28. The van der Waals surface area contributed by atoms with Gasteiger partial charge in [0.05, 0.1) is 32.2 Å². The van der Waals surface area contributed by atoms with Gasteiger partial charge in [-0.3, -0.25) is 20.0 Å². The Bertz CT molecular complexity index is 1330. The number of ether oxygens (including phenoxy) is 3. The molecule has 0 fully saturated rings. The first-order valence-corrected chi connectivity index (χ1v) is 9.62. The summed E-state index contributed by atoms with van der Waals surface area (Å²) in [5, 5.41) is 0.359. The Hall–Kier alpha value is -4.40. The number of fused-ring (bicyclic) bond motifs is 1. The Morgan fingerprint density at radius 2 is 1.62 bits per heavy atom. The molecular weight excluding hydrogens is 412 g/mol. The van der Waals surface area contributed by atoms with Crippen molar-refractivity contribution in [3.05, 3.63) is 76.7 Å². The van der Waals surface area contributed by atoms with Crippen LogP contribution in [0, 0.1) is 0 Å². The Morgan fingerprint density at radius 1 is 0.938 bits per heavy atom. The predicted octanol–water partition coefficient (Wildman–Crippen LogP) is 2.87. The molecule has 9 nitrogen and oxygen atoms in total. The highest BCUT2D eigenvalue weighted by molar-refractivity contribution is 6.01. The van der Waals surface area contributed by atoms with Crippen molar-refractivity contribution in [3.8, 4) is 28.8 Å². The monoisotopic (exact) mass is 432 g/mol. The van der Waals surface area contributed by atoms with Crippen molar-refractivity contribution in [1.82, 2.24) is 14.6 Å². The maximum absolute atomic E-state index is 13.2. The van der Waals surface area contributed by atoms with Crippen molar-refractivity contribution < 1.29 is 19.0 Å². The number of carbonyl (C=O) groups is 1. The summed E-state index contributed by atoms with van der Waals surface area (Å²) in [4.78, 5) is 35.2. The molecule has 32 heavy (non-hydrogen) atoms. The molecule has 0 saturated carbocycles. The van der Waals surface area contributed by atoms with Crippen LogP contribution in [0.1, 0.15) is 10.4 Å². The minimum atomic E-state index is -0.569. The van der Waals surface area contributed by atoms with E-state index >= 15 is 0 Å². The number of hydrogen-bond acceptors (Lipinski definition) is 7. The van der Waals surface area contributed by atoms with Gasteiger partial charge < -0.3 is 14.2 Å². The maximum Gasteiger partial charge on any atom is 0.280 e. The van der Waals surface area contributed by atoms with Crippen LogP contribution in [0.5, 0.6) is 17.2 Å². The molecule has 2 aromatic carbocycles. The molecule has 0 radical (unpaired) electrons. The van der Waals surface area contributed by atoms with E-state index in [-0.39, 0.29) is 11.4 Å². The van der Waals surface area contributed by atoms with E-state index in [1.54, 1.807) is 48.7 Å². The van der Waals surface area contributed by atoms with E-state index in [0.29, 0.717) is 33.8 Å². The molecular formula is C23H20N4O5. The van der Waals surface area contributed by atoms with Gasteiger partial charge in [0, 0.05) is 11.8 Å². The Morgan fingerprint density at radius 3 is 2.25 bits per heavy atom. The summed E-state index contributed by atoms with van der Waals surface area (Å²) >= 11 is 0. The van der Waals surface area contributed by atoms with Gasteiger partial charge in [-0.15, -0.1) is 0 Å². The van der Waals surface area contributed by atoms with Crippen molar-refractivity contribution >= 4 is 16.8 Å². The van der Waals surface area contributed by atoms with E-state index < -0.39 is 11.5 Å². The molecule has 4 rings (SSSR count). The molecule has 0 saturated heterocycles. The number of carbonyl (C=O) groups excluding carboxylic acids is 1. The summed E-state index contributed by atoms with van der Waals surface area (Å²) in [6.07, 6.45) is 1.59. The lowest BCUT2D eigenvalue weighted by atomic mass is 10.1. The summed E-state index contributed by atoms with van der Waals surface area (Å²) in [6, 6.07) is 15.1. The van der Waals surface area contributed by atoms with Crippen LogP contribution in [0.3, 0.4) is 0 Å². The Kier molecular flexibility index (Phi) is 5.71. The smallest absolute Gasteiger partial charge is 0.280 e. The van der Waals surface area contributed by atoms with Crippen LogP contribution >= 0.6 is 0 Å². The third-order valence-corrected chi connectivity index (χ3v) is 4.81. The first-order chi connectivity index (χ1) is 15.6. The molecule has 0 aliphatic heterocycles. The minimum absolute atomic E-state index is 0.200. The highest BCUT2D eigenvalue weighted by atomic mass is 16.5. The van der Waals surface area contributed by atoms with Crippen LogP contribution in [-0.2, 0) is 0 Å². The zero-order chi connectivity index (χ0) is 22.7. The van der Waals surface area contributed by atoms with Gasteiger partial charge in [0.25, 0.3) is 11.5 Å². The number of nitrogens with zero attached hydrogens (tertiary/aromatic N) is 3. The number of methoxy groups -OCH3 is 3. The number of rotatable bonds is 6. The fraction of sp³-hybridized carbons (Fsp3) is 0.130. The third kappa shape index (κ3) is 3.71. The number of aromatic nitrogens is 3. The van der Waals surface area contributed by atoms with E-state index in [4.69, 9.17) is 14.2 Å². The van der Waals surface area contributed by atoms with Crippen LogP contribution in [0.15, 0.2) is 65.6 Å². The predicted molar refractivity (Wildman–Crippen MR) is 119 cm³/mol. The number of nitrogens with one attached hydrogen (secondary N) is 1. The number of benzene rings is 2. The zero-order valence-electron chi connectivity index (χ0n) is 17.7. The molecule has 0 atom stereocenters. The SMILES string of the molecule is COc1cc(C(=O)Nn2c(-c3ccccn3)nc3ccccc3c2=O)cc(OC)c1OC. The van der Waals surface area contributed by atoms with Crippen molar-refractivity contribution in [2.75, 3.05) is 26.8 Å². The summed E-state index contributed by atoms with van der Waals surface area (Å²) in [5.41, 5.74) is 3.33. The lowest BCUT2D eigenvalue weighted by Gasteiger charge is -2.16. The Balaban J connectivity index is 1.85. The number of hydrogen-bond donors (Lipinski definition) is 1. The molecule has 162 valence electrons. The second-order valence-electron chi connectivity index (χ2n) is 6.66. The van der Waals surface area contributed by atoms with Crippen molar-refractivity contribution in [2.45, 2.75) is 0 Å². The average molecular weight is 432 g/mol. The van der Waals surface area contributed by atoms with Crippen molar-refractivity contribution in [1.29, 1.82) is 0 Å². The van der Waals surface area contributed by atoms with Gasteiger partial charge in [0.1, 0.15) is 5.69 Å². The molecule has 0 spiro atoms. The van der Waals surface area contributed by atoms with Crippen molar-refractivity contribution in [3.63, 3.8) is 0 Å². The zero-order valence-corrected chi connectivity index (χ0v) is 17.7. The van der Waals surface area contributed by atoms with Gasteiger partial charge in [-0.1, -0.05) is 18.2 Å². The average Bonchev–Trinajstić information content (AvgIpc) is 2.85. The van der Waals surface area contributed by atoms with Gasteiger partial charge in [-0.25, -0.2) is 4.98 Å². The molecule has 2 aromatic heterocycles. The molecule has 0 unspecified atom stereocenters. The van der Waals surface area contributed by atoms with Crippen molar-refractivity contribution in [2.24, 2.45) is 0 Å². The minimum Gasteiger partial charge on any atom is -0.493 e. The molecule has 9 heteroatoms. The van der Waals surface area contributed by atoms with E-state index in [9.17, 15) is 9.59 Å². The quantitative estimate of drug-likeness (QED) is 0.500. The summed E-state index contributed by atoms with van der Waals surface area (Å²) < 4.78 is 17.0. The topological polar surface area (TPSA) is 105 Å². The van der Waals surface area contributed by atoms with Gasteiger partial charge in [-0.2, -0.15) is 4.68 Å². The van der Waals surface area contributed by atoms with E-state index in [2.05, 4.69) is 15.4 Å². The third-order valence-electron chi connectivity index (χ3n) is 4.81. The van der Waals surface area contributed by atoms with Gasteiger partial charge in [-0.05, 0) is 36.4 Å². The largest absolute Gasteiger partial charge is 0.493 e. The normalized spacial score (nSPS) is 10.6. The first kappa shape index (κ1) is 20.9. The molecule has 4 aromatic rings. The molecule has 2 heterocycles. The van der Waals surface area contributed by atoms with Gasteiger partial charge in [0.15, 0.2) is 17.3 Å². The molecule has 0 aliphatic carbocycles. The van der Waals surface area contributed by atoms with E-state index in [1.165, 1.54) is 33.5 Å². The molecule has 0 aliphatic rings. The van der Waals surface area contributed by atoms with E-state index in [0.717, 1.165) is 4.68 Å². The fourth-order valence-corrected chi connectivity index (χ4v) is 3.28. The number of pyridine rings is 1. The van der Waals surface area contributed by atoms with Crippen LogP contribution in [0.2, 0.25) is 0 Å². The highest BCUT2D eigenvalue weighted by Gasteiger charge is 2.20. The van der Waals surface area contributed by atoms with Crippen LogP contribution < -0.4 is 25.2 Å². The van der Waals surface area contributed by atoms with E-state index in [1.807, 2.05) is 0 Å². The summed E-state index contributed by atoms with van der Waals surface area (Å²) in [7, 11) is 4.38. The second kappa shape index (κ2) is 8.76. The van der Waals surface area contributed by atoms with Crippen LogP contribution in [0.25, 0.3) is 22.4 Å². The number of amides is 1. The Labute approximate surface area is 183 Å². The molecule has 1 amide bonds. The number of para-hydroxylation sites is 1. The lowest BCUT2D eigenvalue weighted by molar-refractivity contribution is 0.101. The second-order valence-corrected chi connectivity index (χ2v) is 6.66. The van der Waals surface area contributed by atoms with Crippen LogP contribution in [0.4, 0.5) is 0 Å². The summed E-state index contributed by atoms with van der Waals surface area (Å²) in [5.74, 6) is 0.609. The highest BCUT2D eigenvalue weighted by Crippen LogP contribution is 2.38. The lowest BCUT2D eigenvalue weighted by Crippen LogP contribution is -2.35. The summed E-state index contributed by atoms with van der Waals surface area (Å²) in [6.45, 7) is 0. The molecule has 0 bridgehead atoms. The first-order valence-electron chi connectivity index (χ1n) is 9.62. The standard InChI is InChI=1S/C23H20N4O5/c1-30-18-12-14(13-19(31-2)20(18)32-3)22(28)26-27-21(17-10-6-7-11-24-17)25-16-9-5-4-8-15(16)23(27)29/h4-13H,1-3H3,(H,26,28). The van der Waals surface area contributed by atoms with Gasteiger partial charge >= 0.3 is 0 Å².